The van der Waals surface area contributed by atoms with E-state index in [1.165, 1.54) is 35.0 Å². The monoisotopic (exact) mass is 267 g/mol. The summed E-state index contributed by atoms with van der Waals surface area (Å²) in [5.74, 6) is 0.524. The van der Waals surface area contributed by atoms with Crippen molar-refractivity contribution in [2.45, 2.75) is 65.0 Å². The first-order valence-electron chi connectivity index (χ1n) is 7.17. The molecule has 1 aromatic heterocycles. The summed E-state index contributed by atoms with van der Waals surface area (Å²) in [6.07, 6.45) is 4.96. The third-order valence-electron chi connectivity index (χ3n) is 4.07. The summed E-state index contributed by atoms with van der Waals surface area (Å²) in [6, 6.07) is 0.687. The summed E-state index contributed by atoms with van der Waals surface area (Å²) >= 11 is 1.81. The van der Waals surface area contributed by atoms with E-state index in [4.69, 9.17) is 10.7 Å². The van der Waals surface area contributed by atoms with Gasteiger partial charge in [0.2, 0.25) is 0 Å². The zero-order valence-electron chi connectivity index (χ0n) is 11.8. The minimum absolute atomic E-state index is 0.524. The fourth-order valence-electron chi connectivity index (χ4n) is 2.71. The lowest BCUT2D eigenvalue weighted by atomic mass is 10.0. The van der Waals surface area contributed by atoms with Gasteiger partial charge in [0.25, 0.3) is 0 Å². The first kappa shape index (κ1) is 13.8. The second-order valence-corrected chi connectivity index (χ2v) is 6.28. The van der Waals surface area contributed by atoms with Crippen molar-refractivity contribution < 1.29 is 0 Å². The highest BCUT2D eigenvalue weighted by Crippen LogP contribution is 2.35. The Kier molecular flexibility index (Phi) is 4.62. The molecule has 1 saturated heterocycles. The van der Waals surface area contributed by atoms with E-state index in [1.54, 1.807) is 0 Å². The van der Waals surface area contributed by atoms with E-state index < -0.39 is 0 Å². The van der Waals surface area contributed by atoms with Crippen molar-refractivity contribution in [3.8, 4) is 0 Å². The molecular weight excluding hydrogens is 242 g/mol. The van der Waals surface area contributed by atoms with E-state index in [1.807, 2.05) is 11.3 Å². The lowest BCUT2D eigenvalue weighted by Gasteiger charge is -2.22. The first-order valence-corrected chi connectivity index (χ1v) is 7.99. The van der Waals surface area contributed by atoms with Crippen LogP contribution in [0.1, 0.15) is 62.9 Å². The van der Waals surface area contributed by atoms with Gasteiger partial charge in [-0.3, -0.25) is 0 Å². The Morgan fingerprint density at radius 1 is 1.50 bits per heavy atom. The summed E-state index contributed by atoms with van der Waals surface area (Å²) < 4.78 is 0. The fourth-order valence-corrected chi connectivity index (χ4v) is 3.87. The van der Waals surface area contributed by atoms with Crippen molar-refractivity contribution >= 4 is 16.5 Å². The highest BCUT2D eigenvalue weighted by atomic mass is 32.1. The van der Waals surface area contributed by atoms with Gasteiger partial charge in [-0.15, -0.1) is 11.3 Å². The van der Waals surface area contributed by atoms with Crippen molar-refractivity contribution in [3.05, 3.63) is 10.6 Å². The van der Waals surface area contributed by atoms with Gasteiger partial charge < -0.3 is 10.6 Å². The number of thiazole rings is 1. The van der Waals surface area contributed by atoms with Crippen molar-refractivity contribution in [1.29, 1.82) is 0 Å². The largest absolute Gasteiger partial charge is 0.345 e. The van der Waals surface area contributed by atoms with Gasteiger partial charge in [-0.25, -0.2) is 4.98 Å². The molecule has 0 radical (unpaired) electrons. The van der Waals surface area contributed by atoms with Crippen LogP contribution in [0.4, 0.5) is 5.13 Å². The third-order valence-corrected chi connectivity index (χ3v) is 5.21. The number of nitrogens with zero attached hydrogens (tertiary/aromatic N) is 2. The minimum Gasteiger partial charge on any atom is -0.345 e. The van der Waals surface area contributed by atoms with Crippen LogP contribution in [0, 0.1) is 0 Å². The average molecular weight is 267 g/mol. The lowest BCUT2D eigenvalue weighted by molar-refractivity contribution is 0.641. The molecule has 0 aliphatic carbocycles. The van der Waals surface area contributed by atoms with E-state index in [-0.39, 0.29) is 0 Å². The van der Waals surface area contributed by atoms with Crippen molar-refractivity contribution in [2.75, 3.05) is 11.4 Å². The normalized spacial score (nSPS) is 21.6. The number of hydrogen-bond acceptors (Lipinski definition) is 4. The number of anilines is 1. The van der Waals surface area contributed by atoms with Crippen LogP contribution in [0.25, 0.3) is 0 Å². The van der Waals surface area contributed by atoms with Crippen LogP contribution < -0.4 is 10.6 Å². The Labute approximate surface area is 114 Å². The van der Waals surface area contributed by atoms with Crippen LogP contribution in [0.3, 0.4) is 0 Å². The summed E-state index contributed by atoms with van der Waals surface area (Å²) in [6.45, 7) is 8.53. The number of hydrogen-bond donors (Lipinski definition) is 1. The second-order valence-electron chi connectivity index (χ2n) is 5.22. The molecule has 0 amide bonds. The smallest absolute Gasteiger partial charge is 0.186 e. The quantitative estimate of drug-likeness (QED) is 0.888. The molecule has 2 N–H and O–H groups in total. The van der Waals surface area contributed by atoms with Crippen LogP contribution >= 0.6 is 11.3 Å². The number of aromatic nitrogens is 1. The standard InChI is InChI=1S/C14H25N3S/c1-4-10(3)13-12(9-15)18-14(16-13)17-8-6-7-11(17)5-2/h10-11H,4-9,15H2,1-3H3. The second kappa shape index (κ2) is 6.02. The van der Waals surface area contributed by atoms with Gasteiger partial charge in [-0.1, -0.05) is 20.8 Å². The topological polar surface area (TPSA) is 42.2 Å². The van der Waals surface area contributed by atoms with E-state index in [0.29, 0.717) is 18.5 Å². The molecule has 2 rings (SSSR count). The molecule has 0 bridgehead atoms. The molecular formula is C14H25N3S. The predicted molar refractivity (Wildman–Crippen MR) is 79.4 cm³/mol. The molecule has 0 aromatic carbocycles. The van der Waals surface area contributed by atoms with Crippen molar-refractivity contribution in [1.82, 2.24) is 4.98 Å². The lowest BCUT2D eigenvalue weighted by Crippen LogP contribution is -2.28. The van der Waals surface area contributed by atoms with Crippen LogP contribution in [0.5, 0.6) is 0 Å². The summed E-state index contributed by atoms with van der Waals surface area (Å²) in [5.41, 5.74) is 7.11. The Hall–Kier alpha value is -0.610. The SMILES string of the molecule is CCC(C)c1nc(N2CCCC2CC)sc1CN. The molecule has 1 fully saturated rings. The number of nitrogens with two attached hydrogens (primary N) is 1. The third kappa shape index (κ3) is 2.54. The maximum Gasteiger partial charge on any atom is 0.186 e. The molecule has 2 atom stereocenters. The molecule has 2 heterocycles. The van der Waals surface area contributed by atoms with Crippen LogP contribution in [-0.2, 0) is 6.54 Å². The van der Waals surface area contributed by atoms with E-state index in [0.717, 1.165) is 13.0 Å². The molecule has 1 aromatic rings. The van der Waals surface area contributed by atoms with Gasteiger partial charge in [-0.2, -0.15) is 0 Å². The zero-order chi connectivity index (χ0) is 13.1. The van der Waals surface area contributed by atoms with E-state index in [9.17, 15) is 0 Å². The van der Waals surface area contributed by atoms with Crippen molar-refractivity contribution in [3.63, 3.8) is 0 Å². The Morgan fingerprint density at radius 3 is 2.89 bits per heavy atom. The minimum atomic E-state index is 0.524. The van der Waals surface area contributed by atoms with Crippen LogP contribution in [0.2, 0.25) is 0 Å². The van der Waals surface area contributed by atoms with E-state index >= 15 is 0 Å². The van der Waals surface area contributed by atoms with Gasteiger partial charge in [0, 0.05) is 24.0 Å². The molecule has 4 heteroatoms. The average Bonchev–Trinajstić information content (AvgIpc) is 3.02. The molecule has 102 valence electrons. The van der Waals surface area contributed by atoms with Gasteiger partial charge in [0.15, 0.2) is 5.13 Å². The predicted octanol–water partition coefficient (Wildman–Crippen LogP) is 3.49. The molecule has 0 saturated carbocycles. The first-order chi connectivity index (χ1) is 8.71. The van der Waals surface area contributed by atoms with Crippen LogP contribution in [-0.4, -0.2) is 17.6 Å². The molecule has 1 aliphatic rings. The molecule has 0 spiro atoms. The van der Waals surface area contributed by atoms with Gasteiger partial charge in [0.05, 0.1) is 5.69 Å². The Morgan fingerprint density at radius 2 is 2.28 bits per heavy atom. The van der Waals surface area contributed by atoms with E-state index in [2.05, 4.69) is 25.7 Å². The highest BCUT2D eigenvalue weighted by Gasteiger charge is 2.27. The fraction of sp³-hybridized carbons (Fsp3) is 0.786. The molecule has 3 nitrogen and oxygen atoms in total. The van der Waals surface area contributed by atoms with Gasteiger partial charge in [0.1, 0.15) is 0 Å². The number of rotatable bonds is 5. The highest BCUT2D eigenvalue weighted by molar-refractivity contribution is 7.15. The van der Waals surface area contributed by atoms with Crippen LogP contribution in [0.15, 0.2) is 0 Å². The molecule has 18 heavy (non-hydrogen) atoms. The molecule has 1 aliphatic heterocycles. The Bertz CT molecular complexity index is 388. The van der Waals surface area contributed by atoms with Gasteiger partial charge in [-0.05, 0) is 31.6 Å². The Balaban J connectivity index is 2.26. The summed E-state index contributed by atoms with van der Waals surface area (Å²) in [5, 5.41) is 1.20. The maximum absolute atomic E-state index is 5.87. The molecule has 2 unspecified atom stereocenters. The summed E-state index contributed by atoms with van der Waals surface area (Å²) in [4.78, 5) is 8.67. The maximum atomic E-state index is 5.87. The zero-order valence-corrected chi connectivity index (χ0v) is 12.6. The van der Waals surface area contributed by atoms with Crippen molar-refractivity contribution in [2.24, 2.45) is 5.73 Å². The van der Waals surface area contributed by atoms with Gasteiger partial charge >= 0.3 is 0 Å². The summed E-state index contributed by atoms with van der Waals surface area (Å²) in [7, 11) is 0.